The van der Waals surface area contributed by atoms with Crippen molar-refractivity contribution in [2.75, 3.05) is 10.6 Å². The Morgan fingerprint density at radius 1 is 0.538 bits per heavy atom. The molecular formula is C22H18N4. The number of nitriles is 2. The van der Waals surface area contributed by atoms with Gasteiger partial charge in [-0.1, -0.05) is 72.8 Å². The highest BCUT2D eigenvalue weighted by Gasteiger charge is 2.15. The zero-order chi connectivity index (χ0) is 18.2. The van der Waals surface area contributed by atoms with Gasteiger partial charge < -0.3 is 10.6 Å². The first-order chi connectivity index (χ1) is 12.8. The van der Waals surface area contributed by atoms with E-state index in [-0.39, 0.29) is 0 Å². The second-order valence-corrected chi connectivity index (χ2v) is 5.78. The van der Waals surface area contributed by atoms with Crippen LogP contribution < -0.4 is 10.6 Å². The molecule has 0 aromatic heterocycles. The van der Waals surface area contributed by atoms with E-state index < -0.39 is 12.1 Å². The Balaban J connectivity index is 1.84. The molecule has 0 fully saturated rings. The Hall–Kier alpha value is -3.76. The molecule has 2 atom stereocenters. The predicted molar refractivity (Wildman–Crippen MR) is 103 cm³/mol. The number of nitrogens with one attached hydrogen (secondary N) is 2. The first kappa shape index (κ1) is 17.1. The largest absolute Gasteiger partial charge is 0.365 e. The van der Waals surface area contributed by atoms with Gasteiger partial charge in [-0.3, -0.25) is 0 Å². The number of hydrogen-bond donors (Lipinski definition) is 2. The molecule has 0 bridgehead atoms. The van der Waals surface area contributed by atoms with E-state index in [4.69, 9.17) is 0 Å². The van der Waals surface area contributed by atoms with Gasteiger partial charge in [-0.2, -0.15) is 10.5 Å². The van der Waals surface area contributed by atoms with E-state index in [1.807, 2.05) is 84.9 Å². The second kappa shape index (κ2) is 8.37. The summed E-state index contributed by atoms with van der Waals surface area (Å²) in [5, 5.41) is 25.6. The normalized spacial score (nSPS) is 12.2. The van der Waals surface area contributed by atoms with Crippen LogP contribution in [0.4, 0.5) is 11.4 Å². The van der Waals surface area contributed by atoms with Crippen LogP contribution in [-0.4, -0.2) is 0 Å². The van der Waals surface area contributed by atoms with Crippen LogP contribution in [-0.2, 0) is 0 Å². The molecule has 3 aromatic rings. The summed E-state index contributed by atoms with van der Waals surface area (Å²) in [5.74, 6) is 0. The zero-order valence-electron chi connectivity index (χ0n) is 14.1. The molecule has 26 heavy (non-hydrogen) atoms. The highest BCUT2D eigenvalue weighted by molar-refractivity contribution is 5.70. The van der Waals surface area contributed by atoms with E-state index in [0.717, 1.165) is 22.5 Å². The Kier molecular flexibility index (Phi) is 5.50. The third-order valence-corrected chi connectivity index (χ3v) is 4.05. The van der Waals surface area contributed by atoms with Crippen molar-refractivity contribution < 1.29 is 0 Å². The Labute approximate surface area is 153 Å². The zero-order valence-corrected chi connectivity index (χ0v) is 14.1. The van der Waals surface area contributed by atoms with Crippen LogP contribution >= 0.6 is 0 Å². The van der Waals surface area contributed by atoms with Gasteiger partial charge in [0.25, 0.3) is 0 Å². The van der Waals surface area contributed by atoms with Crippen LogP contribution in [0.1, 0.15) is 23.2 Å². The molecule has 0 saturated heterocycles. The molecule has 0 saturated carbocycles. The molecule has 4 nitrogen and oxygen atoms in total. The summed E-state index contributed by atoms with van der Waals surface area (Å²) < 4.78 is 0. The summed E-state index contributed by atoms with van der Waals surface area (Å²) in [6.45, 7) is 0. The van der Waals surface area contributed by atoms with E-state index in [9.17, 15) is 10.5 Å². The molecule has 3 aromatic carbocycles. The van der Waals surface area contributed by atoms with Gasteiger partial charge in [-0.05, 0) is 23.3 Å². The van der Waals surface area contributed by atoms with Crippen molar-refractivity contribution in [3.8, 4) is 12.1 Å². The fraction of sp³-hybridized carbons (Fsp3) is 0.0909. The summed E-state index contributed by atoms with van der Waals surface area (Å²) in [5.41, 5.74) is 3.34. The predicted octanol–water partition coefficient (Wildman–Crippen LogP) is 5.04. The molecule has 4 heteroatoms. The topological polar surface area (TPSA) is 71.6 Å². The SMILES string of the molecule is N#CC(Nc1ccccc1NC(C#N)c1ccccc1)c1ccccc1. The summed E-state index contributed by atoms with van der Waals surface area (Å²) >= 11 is 0. The van der Waals surface area contributed by atoms with Crippen molar-refractivity contribution >= 4 is 11.4 Å². The van der Waals surface area contributed by atoms with Gasteiger partial charge in [0.1, 0.15) is 12.1 Å². The molecular weight excluding hydrogens is 320 g/mol. The fourth-order valence-corrected chi connectivity index (χ4v) is 2.72. The first-order valence-corrected chi connectivity index (χ1v) is 8.33. The molecule has 0 heterocycles. The van der Waals surface area contributed by atoms with Crippen molar-refractivity contribution in [2.45, 2.75) is 12.1 Å². The molecule has 0 radical (unpaired) electrons. The lowest BCUT2D eigenvalue weighted by Gasteiger charge is -2.20. The molecule has 0 aliphatic heterocycles. The molecule has 0 aliphatic carbocycles. The maximum absolute atomic E-state index is 9.55. The second-order valence-electron chi connectivity index (χ2n) is 5.78. The van der Waals surface area contributed by atoms with Gasteiger partial charge in [-0.15, -0.1) is 0 Å². The number of rotatable bonds is 6. The molecule has 0 amide bonds. The summed E-state index contributed by atoms with van der Waals surface area (Å²) in [6.07, 6.45) is 0. The summed E-state index contributed by atoms with van der Waals surface area (Å²) in [7, 11) is 0. The van der Waals surface area contributed by atoms with Gasteiger partial charge in [0.05, 0.1) is 23.5 Å². The standard InChI is InChI=1S/C22H18N4/c23-15-21(17-9-3-1-4-10-17)25-19-13-7-8-14-20(19)26-22(16-24)18-11-5-2-6-12-18/h1-14,21-22,25-26H. The van der Waals surface area contributed by atoms with E-state index in [2.05, 4.69) is 22.8 Å². The fourth-order valence-electron chi connectivity index (χ4n) is 2.72. The van der Waals surface area contributed by atoms with Crippen molar-refractivity contribution in [1.82, 2.24) is 0 Å². The Morgan fingerprint density at radius 3 is 1.23 bits per heavy atom. The minimum atomic E-state index is -0.476. The van der Waals surface area contributed by atoms with Crippen molar-refractivity contribution in [3.63, 3.8) is 0 Å². The van der Waals surface area contributed by atoms with E-state index >= 15 is 0 Å². The molecule has 2 unspecified atom stereocenters. The van der Waals surface area contributed by atoms with Gasteiger partial charge in [0.2, 0.25) is 0 Å². The number of benzene rings is 3. The van der Waals surface area contributed by atoms with Crippen LogP contribution in [0.15, 0.2) is 84.9 Å². The highest BCUT2D eigenvalue weighted by atomic mass is 15.0. The third-order valence-electron chi connectivity index (χ3n) is 4.05. The smallest absolute Gasteiger partial charge is 0.140 e. The molecule has 3 rings (SSSR count). The average molecular weight is 338 g/mol. The Bertz CT molecular complexity index is 845. The lowest BCUT2D eigenvalue weighted by molar-refractivity contribution is 0.978. The Morgan fingerprint density at radius 2 is 0.885 bits per heavy atom. The number of nitrogens with zero attached hydrogens (tertiary/aromatic N) is 2. The van der Waals surface area contributed by atoms with Gasteiger partial charge >= 0.3 is 0 Å². The number of para-hydroxylation sites is 2. The van der Waals surface area contributed by atoms with E-state index in [1.54, 1.807) is 0 Å². The molecule has 0 aliphatic rings. The van der Waals surface area contributed by atoms with Gasteiger partial charge in [0.15, 0.2) is 0 Å². The van der Waals surface area contributed by atoms with Crippen LogP contribution in [0.2, 0.25) is 0 Å². The van der Waals surface area contributed by atoms with E-state index in [1.165, 1.54) is 0 Å². The van der Waals surface area contributed by atoms with Crippen LogP contribution in [0, 0.1) is 22.7 Å². The third kappa shape index (κ3) is 4.01. The monoisotopic (exact) mass is 338 g/mol. The van der Waals surface area contributed by atoms with Crippen LogP contribution in [0.5, 0.6) is 0 Å². The minimum Gasteiger partial charge on any atom is -0.365 e. The van der Waals surface area contributed by atoms with E-state index in [0.29, 0.717) is 0 Å². The van der Waals surface area contributed by atoms with Gasteiger partial charge in [0, 0.05) is 0 Å². The maximum Gasteiger partial charge on any atom is 0.140 e. The molecule has 2 N–H and O–H groups in total. The molecule has 126 valence electrons. The quantitative estimate of drug-likeness (QED) is 0.660. The van der Waals surface area contributed by atoms with Gasteiger partial charge in [-0.25, -0.2) is 0 Å². The maximum atomic E-state index is 9.55. The number of anilines is 2. The highest BCUT2D eigenvalue weighted by Crippen LogP contribution is 2.29. The van der Waals surface area contributed by atoms with Crippen molar-refractivity contribution in [2.24, 2.45) is 0 Å². The van der Waals surface area contributed by atoms with Crippen molar-refractivity contribution in [1.29, 1.82) is 10.5 Å². The van der Waals surface area contributed by atoms with Crippen molar-refractivity contribution in [3.05, 3.63) is 96.1 Å². The van der Waals surface area contributed by atoms with Crippen LogP contribution in [0.25, 0.3) is 0 Å². The molecule has 0 spiro atoms. The first-order valence-electron chi connectivity index (χ1n) is 8.33. The minimum absolute atomic E-state index is 0.476. The summed E-state index contributed by atoms with van der Waals surface area (Å²) in [6, 6.07) is 30.4. The number of hydrogen-bond acceptors (Lipinski definition) is 4. The van der Waals surface area contributed by atoms with Crippen LogP contribution in [0.3, 0.4) is 0 Å². The lowest BCUT2D eigenvalue weighted by Crippen LogP contribution is -2.13. The summed E-state index contributed by atoms with van der Waals surface area (Å²) in [4.78, 5) is 0. The lowest BCUT2D eigenvalue weighted by atomic mass is 10.1. The average Bonchev–Trinajstić information content (AvgIpc) is 2.72.